The Hall–Kier alpha value is -1.95. The van der Waals surface area contributed by atoms with Crippen LogP contribution in [-0.4, -0.2) is 23.5 Å². The van der Waals surface area contributed by atoms with Crippen LogP contribution in [0.1, 0.15) is 5.56 Å². The number of ether oxygens (including phenoxy) is 1. The predicted octanol–water partition coefficient (Wildman–Crippen LogP) is 2.42. The van der Waals surface area contributed by atoms with Crippen LogP contribution >= 0.6 is 0 Å². The van der Waals surface area contributed by atoms with Crippen LogP contribution in [0.2, 0.25) is 0 Å². The van der Waals surface area contributed by atoms with Gasteiger partial charge in [-0.1, -0.05) is 0 Å². The average molecular weight is 267 g/mol. The lowest BCUT2D eigenvalue weighted by atomic mass is 10.2. The molecular formula is C13H15F2N3O. The summed E-state index contributed by atoms with van der Waals surface area (Å²) < 4.78 is 33.0. The molecule has 0 spiro atoms. The molecule has 0 atom stereocenters. The molecule has 1 aromatic carbocycles. The van der Waals surface area contributed by atoms with Crippen LogP contribution in [0.4, 0.5) is 14.5 Å². The largest absolute Gasteiger partial charge is 0.383 e. The predicted molar refractivity (Wildman–Crippen MR) is 67.8 cm³/mol. The summed E-state index contributed by atoms with van der Waals surface area (Å²) in [5, 5.41) is 7.11. The summed E-state index contributed by atoms with van der Waals surface area (Å²) in [5.74, 6) is -0.880. The fourth-order valence-corrected chi connectivity index (χ4v) is 1.64. The molecular weight excluding hydrogens is 252 g/mol. The third kappa shape index (κ3) is 3.75. The molecule has 102 valence electrons. The zero-order chi connectivity index (χ0) is 13.7. The smallest absolute Gasteiger partial charge is 0.128 e. The van der Waals surface area contributed by atoms with E-state index in [4.69, 9.17) is 4.74 Å². The fourth-order valence-electron chi connectivity index (χ4n) is 1.64. The highest BCUT2D eigenvalue weighted by atomic mass is 19.1. The summed E-state index contributed by atoms with van der Waals surface area (Å²) >= 11 is 0. The molecule has 6 heteroatoms. The Kier molecular flexibility index (Phi) is 4.46. The van der Waals surface area contributed by atoms with E-state index in [2.05, 4.69) is 10.4 Å². The monoisotopic (exact) mass is 267 g/mol. The highest BCUT2D eigenvalue weighted by molar-refractivity contribution is 5.39. The molecule has 0 amide bonds. The quantitative estimate of drug-likeness (QED) is 0.873. The number of rotatable bonds is 6. The molecule has 0 bridgehead atoms. The molecule has 19 heavy (non-hydrogen) atoms. The number of hydrogen-bond donors (Lipinski definition) is 1. The topological polar surface area (TPSA) is 39.1 Å². The van der Waals surface area contributed by atoms with Crippen molar-refractivity contribution in [1.82, 2.24) is 9.78 Å². The second-order valence-corrected chi connectivity index (χ2v) is 4.07. The van der Waals surface area contributed by atoms with Gasteiger partial charge in [0, 0.05) is 25.4 Å². The lowest BCUT2D eigenvalue weighted by Crippen LogP contribution is -2.04. The molecule has 2 rings (SSSR count). The van der Waals surface area contributed by atoms with E-state index in [-0.39, 0.29) is 12.1 Å². The number of nitrogens with one attached hydrogen (secondary N) is 1. The summed E-state index contributed by atoms with van der Waals surface area (Å²) in [4.78, 5) is 0. The van der Waals surface area contributed by atoms with Gasteiger partial charge in [0.05, 0.1) is 25.0 Å². The van der Waals surface area contributed by atoms with Gasteiger partial charge in [-0.25, -0.2) is 8.78 Å². The highest BCUT2D eigenvalue weighted by Gasteiger charge is 2.04. The normalized spacial score (nSPS) is 10.7. The Morgan fingerprint density at radius 3 is 3.00 bits per heavy atom. The molecule has 0 fully saturated rings. The minimum atomic E-state index is -0.450. The Morgan fingerprint density at radius 2 is 2.21 bits per heavy atom. The molecule has 0 saturated carbocycles. The molecule has 4 nitrogen and oxygen atoms in total. The van der Waals surface area contributed by atoms with Gasteiger partial charge in [0.25, 0.3) is 0 Å². The minimum absolute atomic E-state index is 0.208. The molecule has 1 N–H and O–H groups in total. The second kappa shape index (κ2) is 6.29. The number of anilines is 1. The van der Waals surface area contributed by atoms with E-state index in [1.54, 1.807) is 24.2 Å². The first-order chi connectivity index (χ1) is 9.19. The number of nitrogens with zero attached hydrogens (tertiary/aromatic N) is 2. The molecule has 0 radical (unpaired) electrons. The SMILES string of the molecule is COCCn1cc(NCc2cc(F)ccc2F)cn1. The maximum atomic E-state index is 13.4. The molecule has 2 aromatic rings. The van der Waals surface area contributed by atoms with Gasteiger partial charge in [-0.05, 0) is 18.2 Å². The molecule has 0 aliphatic carbocycles. The first kappa shape index (κ1) is 13.5. The maximum Gasteiger partial charge on any atom is 0.128 e. The number of hydrogen-bond acceptors (Lipinski definition) is 3. The van der Waals surface area contributed by atoms with Gasteiger partial charge >= 0.3 is 0 Å². The van der Waals surface area contributed by atoms with Crippen LogP contribution in [0.25, 0.3) is 0 Å². The third-order valence-corrected chi connectivity index (χ3v) is 2.65. The van der Waals surface area contributed by atoms with E-state index in [1.165, 1.54) is 6.07 Å². The fraction of sp³-hybridized carbons (Fsp3) is 0.308. The average Bonchev–Trinajstić information content (AvgIpc) is 2.85. The van der Waals surface area contributed by atoms with E-state index >= 15 is 0 Å². The van der Waals surface area contributed by atoms with Crippen molar-refractivity contribution in [2.75, 3.05) is 19.0 Å². The van der Waals surface area contributed by atoms with Crippen molar-refractivity contribution < 1.29 is 13.5 Å². The molecule has 0 saturated heterocycles. The van der Waals surface area contributed by atoms with Crippen molar-refractivity contribution in [3.8, 4) is 0 Å². The van der Waals surface area contributed by atoms with Crippen molar-refractivity contribution in [1.29, 1.82) is 0 Å². The number of benzene rings is 1. The lowest BCUT2D eigenvalue weighted by Gasteiger charge is -2.05. The number of methoxy groups -OCH3 is 1. The van der Waals surface area contributed by atoms with E-state index < -0.39 is 11.6 Å². The maximum absolute atomic E-state index is 13.4. The third-order valence-electron chi connectivity index (χ3n) is 2.65. The summed E-state index contributed by atoms with van der Waals surface area (Å²) in [7, 11) is 1.62. The van der Waals surface area contributed by atoms with Gasteiger partial charge in [0.1, 0.15) is 11.6 Å². The van der Waals surface area contributed by atoms with Gasteiger partial charge in [-0.2, -0.15) is 5.10 Å². The summed E-state index contributed by atoms with van der Waals surface area (Å²) in [6.45, 7) is 1.42. The zero-order valence-electron chi connectivity index (χ0n) is 10.6. The Bertz CT molecular complexity index is 542. The van der Waals surface area contributed by atoms with E-state index in [9.17, 15) is 8.78 Å². The molecule has 1 heterocycles. The van der Waals surface area contributed by atoms with E-state index in [0.717, 1.165) is 17.8 Å². The Morgan fingerprint density at radius 1 is 1.37 bits per heavy atom. The number of halogens is 2. The summed E-state index contributed by atoms with van der Waals surface area (Å²) in [6.07, 6.45) is 3.42. The number of aromatic nitrogens is 2. The van der Waals surface area contributed by atoms with Crippen LogP contribution < -0.4 is 5.32 Å². The van der Waals surface area contributed by atoms with Crippen molar-refractivity contribution in [3.05, 3.63) is 47.8 Å². The first-order valence-corrected chi connectivity index (χ1v) is 5.88. The molecule has 0 aliphatic rings. The summed E-state index contributed by atoms with van der Waals surface area (Å²) in [6, 6.07) is 3.40. The lowest BCUT2D eigenvalue weighted by molar-refractivity contribution is 0.183. The summed E-state index contributed by atoms with van der Waals surface area (Å²) in [5.41, 5.74) is 1.03. The van der Waals surface area contributed by atoms with Crippen molar-refractivity contribution in [3.63, 3.8) is 0 Å². The highest BCUT2D eigenvalue weighted by Crippen LogP contribution is 2.12. The van der Waals surface area contributed by atoms with Crippen LogP contribution in [-0.2, 0) is 17.8 Å². The van der Waals surface area contributed by atoms with Gasteiger partial charge in [0.2, 0.25) is 0 Å². The molecule has 1 aromatic heterocycles. The van der Waals surface area contributed by atoms with Crippen LogP contribution in [0, 0.1) is 11.6 Å². The van der Waals surface area contributed by atoms with Crippen LogP contribution in [0.3, 0.4) is 0 Å². The standard InChI is InChI=1S/C13H15F2N3O/c1-19-5-4-18-9-12(8-17-18)16-7-10-6-11(14)2-3-13(10)15/h2-3,6,8-9,16H,4-5,7H2,1H3. The van der Waals surface area contributed by atoms with Gasteiger partial charge in [-0.3, -0.25) is 4.68 Å². The van der Waals surface area contributed by atoms with Crippen molar-refractivity contribution >= 4 is 5.69 Å². The molecule has 0 unspecified atom stereocenters. The Labute approximate surface area is 110 Å². The van der Waals surface area contributed by atoms with E-state index in [0.29, 0.717) is 13.2 Å². The van der Waals surface area contributed by atoms with Crippen molar-refractivity contribution in [2.45, 2.75) is 13.1 Å². The van der Waals surface area contributed by atoms with Crippen LogP contribution in [0.5, 0.6) is 0 Å². The molecule has 0 aliphatic heterocycles. The van der Waals surface area contributed by atoms with E-state index in [1.807, 2.05) is 0 Å². The second-order valence-electron chi connectivity index (χ2n) is 4.07. The van der Waals surface area contributed by atoms with Gasteiger partial charge in [-0.15, -0.1) is 0 Å². The van der Waals surface area contributed by atoms with Crippen molar-refractivity contribution in [2.24, 2.45) is 0 Å². The zero-order valence-corrected chi connectivity index (χ0v) is 10.6. The first-order valence-electron chi connectivity index (χ1n) is 5.88. The van der Waals surface area contributed by atoms with Crippen LogP contribution in [0.15, 0.2) is 30.6 Å². The Balaban J connectivity index is 1.94. The van der Waals surface area contributed by atoms with Gasteiger partial charge < -0.3 is 10.1 Å². The minimum Gasteiger partial charge on any atom is -0.383 e. The van der Waals surface area contributed by atoms with Gasteiger partial charge in [0.15, 0.2) is 0 Å².